The highest BCUT2D eigenvalue weighted by atomic mass is 32.2. The molecular weight excluding hydrogens is 276 g/mol. The third-order valence-corrected chi connectivity index (χ3v) is 4.58. The van der Waals surface area contributed by atoms with Crippen molar-refractivity contribution in [3.05, 3.63) is 48.2 Å². The van der Waals surface area contributed by atoms with Crippen LogP contribution in [0.4, 0.5) is 5.69 Å². The van der Waals surface area contributed by atoms with Gasteiger partial charge in [-0.2, -0.15) is 8.42 Å². The third kappa shape index (κ3) is 3.02. The SMILES string of the molecule is CCNCc1ccc(S(=O)(=O)N(C)c2ccccc2)o1. The van der Waals surface area contributed by atoms with E-state index in [-0.39, 0.29) is 5.09 Å². The maximum atomic E-state index is 12.4. The zero-order chi connectivity index (χ0) is 14.6. The van der Waals surface area contributed by atoms with Crippen molar-refractivity contribution in [2.45, 2.75) is 18.6 Å². The summed E-state index contributed by atoms with van der Waals surface area (Å²) in [5.74, 6) is 0.604. The lowest BCUT2D eigenvalue weighted by molar-refractivity contribution is 0.404. The topological polar surface area (TPSA) is 62.6 Å². The highest BCUT2D eigenvalue weighted by molar-refractivity contribution is 7.92. The first-order valence-electron chi connectivity index (χ1n) is 6.39. The summed E-state index contributed by atoms with van der Waals surface area (Å²) in [6.07, 6.45) is 0. The van der Waals surface area contributed by atoms with Crippen LogP contribution in [-0.4, -0.2) is 22.0 Å². The van der Waals surface area contributed by atoms with E-state index in [0.717, 1.165) is 6.54 Å². The van der Waals surface area contributed by atoms with Crippen molar-refractivity contribution in [3.8, 4) is 0 Å². The minimum atomic E-state index is -3.66. The van der Waals surface area contributed by atoms with Gasteiger partial charge in [0.15, 0.2) is 0 Å². The molecule has 5 nitrogen and oxygen atoms in total. The first-order valence-corrected chi connectivity index (χ1v) is 7.83. The molecule has 108 valence electrons. The van der Waals surface area contributed by atoms with E-state index in [1.54, 1.807) is 30.3 Å². The molecule has 0 unspecified atom stereocenters. The van der Waals surface area contributed by atoms with Gasteiger partial charge < -0.3 is 9.73 Å². The van der Waals surface area contributed by atoms with Crippen molar-refractivity contribution >= 4 is 15.7 Å². The molecule has 0 aliphatic carbocycles. The smallest absolute Gasteiger partial charge is 0.297 e. The Bertz CT molecular complexity index is 650. The number of nitrogens with zero attached hydrogens (tertiary/aromatic N) is 1. The highest BCUT2D eigenvalue weighted by Crippen LogP contribution is 2.23. The minimum Gasteiger partial charge on any atom is -0.446 e. The average molecular weight is 294 g/mol. The lowest BCUT2D eigenvalue weighted by atomic mass is 10.3. The number of para-hydroxylation sites is 1. The molecule has 6 heteroatoms. The van der Waals surface area contributed by atoms with Crippen LogP contribution in [0, 0.1) is 0 Å². The average Bonchev–Trinajstić information content (AvgIpc) is 2.94. The van der Waals surface area contributed by atoms with Crippen LogP contribution in [0.5, 0.6) is 0 Å². The van der Waals surface area contributed by atoms with Gasteiger partial charge in [0.1, 0.15) is 5.76 Å². The highest BCUT2D eigenvalue weighted by Gasteiger charge is 2.24. The van der Waals surface area contributed by atoms with Crippen molar-refractivity contribution in [2.75, 3.05) is 17.9 Å². The summed E-state index contributed by atoms with van der Waals surface area (Å²) in [6.45, 7) is 3.29. The number of sulfonamides is 1. The van der Waals surface area contributed by atoms with Crippen LogP contribution in [-0.2, 0) is 16.6 Å². The van der Waals surface area contributed by atoms with Crippen molar-refractivity contribution in [1.82, 2.24) is 5.32 Å². The van der Waals surface area contributed by atoms with Gasteiger partial charge in [0.2, 0.25) is 5.09 Å². The van der Waals surface area contributed by atoms with Crippen molar-refractivity contribution in [3.63, 3.8) is 0 Å². The fourth-order valence-electron chi connectivity index (χ4n) is 1.75. The maximum Gasteiger partial charge on any atom is 0.297 e. The Morgan fingerprint density at radius 2 is 1.85 bits per heavy atom. The molecule has 1 aromatic carbocycles. The molecule has 0 aliphatic heterocycles. The van der Waals surface area contributed by atoms with Gasteiger partial charge in [0.25, 0.3) is 10.0 Å². The van der Waals surface area contributed by atoms with Gasteiger partial charge in [-0.1, -0.05) is 25.1 Å². The first kappa shape index (κ1) is 14.6. The van der Waals surface area contributed by atoms with E-state index in [1.807, 2.05) is 13.0 Å². The Hall–Kier alpha value is -1.79. The summed E-state index contributed by atoms with van der Waals surface area (Å²) >= 11 is 0. The molecule has 0 aliphatic rings. The Morgan fingerprint density at radius 3 is 2.50 bits per heavy atom. The number of hydrogen-bond donors (Lipinski definition) is 1. The second-order valence-electron chi connectivity index (χ2n) is 4.31. The van der Waals surface area contributed by atoms with E-state index in [1.165, 1.54) is 17.4 Å². The lowest BCUT2D eigenvalue weighted by Crippen LogP contribution is -2.26. The Balaban J connectivity index is 2.24. The Labute approximate surface area is 119 Å². The predicted molar refractivity (Wildman–Crippen MR) is 78.1 cm³/mol. The van der Waals surface area contributed by atoms with E-state index >= 15 is 0 Å². The monoisotopic (exact) mass is 294 g/mol. The molecule has 0 saturated carbocycles. The Morgan fingerprint density at radius 1 is 1.15 bits per heavy atom. The molecule has 1 heterocycles. The number of rotatable bonds is 6. The Kier molecular flexibility index (Phi) is 4.46. The number of furan rings is 1. The van der Waals surface area contributed by atoms with Crippen LogP contribution in [0.15, 0.2) is 52.0 Å². The largest absolute Gasteiger partial charge is 0.446 e. The molecule has 0 amide bonds. The second kappa shape index (κ2) is 6.11. The van der Waals surface area contributed by atoms with Crippen molar-refractivity contribution < 1.29 is 12.8 Å². The van der Waals surface area contributed by atoms with Gasteiger partial charge in [-0.05, 0) is 30.8 Å². The standard InChI is InChI=1S/C14H18N2O3S/c1-3-15-11-13-9-10-14(19-13)20(17,18)16(2)12-7-5-4-6-8-12/h4-10,15H,3,11H2,1-2H3. The fraction of sp³-hybridized carbons (Fsp3) is 0.286. The predicted octanol–water partition coefficient (Wildman–Crippen LogP) is 2.21. The van der Waals surface area contributed by atoms with Gasteiger partial charge >= 0.3 is 0 Å². The molecule has 0 spiro atoms. The van der Waals surface area contributed by atoms with Gasteiger partial charge in [-0.3, -0.25) is 4.31 Å². The van der Waals surface area contributed by atoms with E-state index in [0.29, 0.717) is 18.0 Å². The van der Waals surface area contributed by atoms with Crippen LogP contribution in [0.1, 0.15) is 12.7 Å². The van der Waals surface area contributed by atoms with Crippen LogP contribution in [0.2, 0.25) is 0 Å². The summed E-state index contributed by atoms with van der Waals surface area (Å²) in [5.41, 5.74) is 0.595. The quantitative estimate of drug-likeness (QED) is 0.887. The number of anilines is 1. The van der Waals surface area contributed by atoms with E-state index in [2.05, 4.69) is 5.32 Å². The zero-order valence-corrected chi connectivity index (χ0v) is 12.4. The van der Waals surface area contributed by atoms with Crippen LogP contribution < -0.4 is 9.62 Å². The normalized spacial score (nSPS) is 11.5. The van der Waals surface area contributed by atoms with Crippen molar-refractivity contribution in [2.24, 2.45) is 0 Å². The summed E-state index contributed by atoms with van der Waals surface area (Å²) in [7, 11) is -2.15. The third-order valence-electron chi connectivity index (χ3n) is 2.92. The second-order valence-corrected chi connectivity index (χ2v) is 6.21. The molecule has 1 N–H and O–H groups in total. The first-order chi connectivity index (χ1) is 9.55. The summed E-state index contributed by atoms with van der Waals surface area (Å²) in [4.78, 5) is 0. The summed E-state index contributed by atoms with van der Waals surface area (Å²) < 4.78 is 31.5. The molecule has 0 atom stereocenters. The van der Waals surface area contributed by atoms with Gasteiger partial charge in [-0.15, -0.1) is 0 Å². The van der Waals surface area contributed by atoms with E-state index < -0.39 is 10.0 Å². The fourth-order valence-corrected chi connectivity index (χ4v) is 2.87. The molecule has 0 fully saturated rings. The van der Waals surface area contributed by atoms with E-state index in [9.17, 15) is 8.42 Å². The van der Waals surface area contributed by atoms with Crippen LogP contribution in [0.25, 0.3) is 0 Å². The minimum absolute atomic E-state index is 0.0447. The molecule has 20 heavy (non-hydrogen) atoms. The van der Waals surface area contributed by atoms with Crippen molar-refractivity contribution in [1.29, 1.82) is 0 Å². The molecule has 0 saturated heterocycles. The zero-order valence-electron chi connectivity index (χ0n) is 11.5. The molecule has 2 aromatic rings. The number of benzene rings is 1. The van der Waals surface area contributed by atoms with Gasteiger partial charge in [0, 0.05) is 7.05 Å². The molecule has 0 radical (unpaired) electrons. The molecule has 2 rings (SSSR count). The van der Waals surface area contributed by atoms with Gasteiger partial charge in [0.05, 0.1) is 12.2 Å². The maximum absolute atomic E-state index is 12.4. The van der Waals surface area contributed by atoms with Crippen LogP contribution >= 0.6 is 0 Å². The number of nitrogens with one attached hydrogen (secondary N) is 1. The molecule has 0 bridgehead atoms. The summed E-state index contributed by atoms with van der Waals surface area (Å²) in [5, 5.41) is 3.04. The van der Waals surface area contributed by atoms with E-state index in [4.69, 9.17) is 4.42 Å². The molecular formula is C14H18N2O3S. The lowest BCUT2D eigenvalue weighted by Gasteiger charge is -2.17. The molecule has 1 aromatic heterocycles. The summed E-state index contributed by atoms with van der Waals surface area (Å²) in [6, 6.07) is 12.1. The van der Waals surface area contributed by atoms with Gasteiger partial charge in [-0.25, -0.2) is 0 Å². The number of hydrogen-bond acceptors (Lipinski definition) is 4. The van der Waals surface area contributed by atoms with Crippen LogP contribution in [0.3, 0.4) is 0 Å².